The van der Waals surface area contributed by atoms with Crippen LogP contribution in [0.15, 0.2) is 36.4 Å². The van der Waals surface area contributed by atoms with Gasteiger partial charge >= 0.3 is 18.2 Å². The quantitative estimate of drug-likeness (QED) is 0.351. The van der Waals surface area contributed by atoms with E-state index in [0.29, 0.717) is 24.4 Å². The first-order valence-electron chi connectivity index (χ1n) is 14.6. The molecule has 2 aliphatic rings. The van der Waals surface area contributed by atoms with Gasteiger partial charge in [0.05, 0.1) is 12.0 Å². The van der Waals surface area contributed by atoms with Gasteiger partial charge in [-0.15, -0.1) is 0 Å². The number of likely N-dealkylation sites (N-methyl/N-ethyl adjacent to an activating group) is 1. The molecule has 234 valence electrons. The minimum absolute atomic E-state index is 0.0539. The molecule has 2 aromatic rings. The zero-order chi connectivity index (χ0) is 31.5. The summed E-state index contributed by atoms with van der Waals surface area (Å²) in [6, 6.07) is 8.03. The van der Waals surface area contributed by atoms with Crippen LogP contribution in [0, 0.1) is 0 Å². The second-order valence-corrected chi connectivity index (χ2v) is 12.3. The number of hydrogen-bond acceptors (Lipinski definition) is 5. The second kappa shape index (κ2) is 12.9. The average molecular weight is 605 g/mol. The Hall–Kier alpha value is -3.76. The van der Waals surface area contributed by atoms with Crippen molar-refractivity contribution in [2.75, 3.05) is 18.5 Å². The summed E-state index contributed by atoms with van der Waals surface area (Å²) in [4.78, 5) is 39.8. The Balaban J connectivity index is 1.43. The molecular weight excluding hydrogens is 565 g/mol. The maximum absolute atomic E-state index is 14.0. The lowest BCUT2D eigenvalue weighted by Gasteiger charge is -2.29. The SMILES string of the molecule is CN(C(=O)OC(C)(C)C)C(CC(=O)N1CCc2cc(OCc3ccc(C4CCCCC4)cc3C(F)(F)F)ccc21)C(=O)O. The molecule has 0 radical (unpaired) electrons. The Morgan fingerprint density at radius 2 is 1.74 bits per heavy atom. The third kappa shape index (κ3) is 8.00. The average Bonchev–Trinajstić information content (AvgIpc) is 3.36. The number of amides is 2. The van der Waals surface area contributed by atoms with E-state index in [1.54, 1.807) is 45.0 Å². The lowest BCUT2D eigenvalue weighted by molar-refractivity contribution is -0.144. The Labute approximate surface area is 249 Å². The number of carboxylic acids is 1. The van der Waals surface area contributed by atoms with E-state index < -0.39 is 47.8 Å². The number of anilines is 1. The summed E-state index contributed by atoms with van der Waals surface area (Å²) in [5.74, 6) is -1.31. The highest BCUT2D eigenvalue weighted by atomic mass is 19.4. The molecule has 1 N–H and O–H groups in total. The van der Waals surface area contributed by atoms with Gasteiger partial charge in [0.15, 0.2) is 0 Å². The summed E-state index contributed by atoms with van der Waals surface area (Å²) in [6.45, 7) is 4.99. The number of alkyl halides is 3. The van der Waals surface area contributed by atoms with Crippen LogP contribution < -0.4 is 9.64 Å². The van der Waals surface area contributed by atoms with E-state index in [-0.39, 0.29) is 18.1 Å². The van der Waals surface area contributed by atoms with Crippen LogP contribution >= 0.6 is 0 Å². The molecule has 1 saturated carbocycles. The monoisotopic (exact) mass is 604 g/mol. The predicted molar refractivity (Wildman–Crippen MR) is 154 cm³/mol. The van der Waals surface area contributed by atoms with Gasteiger partial charge in [-0.3, -0.25) is 9.69 Å². The van der Waals surface area contributed by atoms with E-state index in [9.17, 15) is 32.7 Å². The van der Waals surface area contributed by atoms with Crippen LogP contribution in [0.5, 0.6) is 5.75 Å². The number of aliphatic carboxylic acids is 1. The van der Waals surface area contributed by atoms with Crippen molar-refractivity contribution in [3.05, 3.63) is 58.7 Å². The fraction of sp³-hybridized carbons (Fsp3) is 0.531. The van der Waals surface area contributed by atoms with Gasteiger partial charge in [0, 0.05) is 24.8 Å². The summed E-state index contributed by atoms with van der Waals surface area (Å²) in [5.41, 5.74) is 0.575. The van der Waals surface area contributed by atoms with Crippen LogP contribution in [0.4, 0.5) is 23.7 Å². The summed E-state index contributed by atoms with van der Waals surface area (Å²) < 4.78 is 52.9. The van der Waals surface area contributed by atoms with Crippen LogP contribution in [-0.2, 0) is 33.5 Å². The van der Waals surface area contributed by atoms with Crippen molar-refractivity contribution >= 4 is 23.7 Å². The molecule has 1 heterocycles. The van der Waals surface area contributed by atoms with Crippen molar-refractivity contribution in [1.82, 2.24) is 4.90 Å². The normalized spacial score (nSPS) is 16.4. The molecule has 8 nitrogen and oxygen atoms in total. The molecule has 1 aliphatic carbocycles. The van der Waals surface area contributed by atoms with Gasteiger partial charge in [-0.05, 0) is 81.3 Å². The van der Waals surface area contributed by atoms with Crippen LogP contribution in [0.2, 0.25) is 0 Å². The summed E-state index contributed by atoms with van der Waals surface area (Å²) in [6.07, 6.45) is -0.375. The molecule has 2 aromatic carbocycles. The van der Waals surface area contributed by atoms with Crippen molar-refractivity contribution in [3.63, 3.8) is 0 Å². The Morgan fingerprint density at radius 3 is 2.37 bits per heavy atom. The molecule has 11 heteroatoms. The largest absolute Gasteiger partial charge is 0.489 e. The molecule has 1 atom stereocenters. The molecule has 0 bridgehead atoms. The van der Waals surface area contributed by atoms with Gasteiger partial charge in [0.25, 0.3) is 0 Å². The standard InChI is InChI=1S/C32H39F3N2O6/c1-31(2,3)43-30(41)36(4)27(29(39)40)18-28(38)37-15-14-22-16-24(12-13-26(22)37)42-19-23-11-10-21(17-25(23)32(33,34)35)20-8-6-5-7-9-20/h10-13,16-17,20,27H,5-9,14-15,18-19H2,1-4H3,(H,39,40). The maximum Gasteiger partial charge on any atom is 0.416 e. The number of hydrogen-bond donors (Lipinski definition) is 1. The topological polar surface area (TPSA) is 96.4 Å². The first-order valence-corrected chi connectivity index (χ1v) is 14.6. The van der Waals surface area contributed by atoms with Gasteiger partial charge in [0.1, 0.15) is 24.0 Å². The van der Waals surface area contributed by atoms with Crippen molar-refractivity contribution in [2.24, 2.45) is 0 Å². The Kier molecular flexibility index (Phi) is 9.61. The number of ether oxygens (including phenoxy) is 2. The fourth-order valence-corrected chi connectivity index (χ4v) is 5.69. The highest BCUT2D eigenvalue weighted by Gasteiger charge is 2.36. The molecule has 0 aromatic heterocycles. The van der Waals surface area contributed by atoms with Crippen molar-refractivity contribution in [1.29, 1.82) is 0 Å². The minimum Gasteiger partial charge on any atom is -0.489 e. The molecule has 4 rings (SSSR count). The fourth-order valence-electron chi connectivity index (χ4n) is 5.69. The molecule has 1 fully saturated rings. The molecule has 2 amide bonds. The van der Waals surface area contributed by atoms with Crippen LogP contribution in [0.3, 0.4) is 0 Å². The highest BCUT2D eigenvalue weighted by Crippen LogP contribution is 2.39. The first-order chi connectivity index (χ1) is 20.1. The molecule has 1 unspecified atom stereocenters. The van der Waals surface area contributed by atoms with E-state index in [2.05, 4.69) is 0 Å². The third-order valence-electron chi connectivity index (χ3n) is 7.96. The van der Waals surface area contributed by atoms with Gasteiger partial charge in [-0.1, -0.05) is 31.4 Å². The lowest BCUT2D eigenvalue weighted by atomic mass is 9.83. The number of fused-ring (bicyclic) bond motifs is 1. The van der Waals surface area contributed by atoms with Gasteiger partial charge in [-0.2, -0.15) is 13.2 Å². The van der Waals surface area contributed by atoms with Crippen molar-refractivity contribution in [3.8, 4) is 5.75 Å². The summed E-state index contributed by atoms with van der Waals surface area (Å²) in [5, 5.41) is 9.71. The van der Waals surface area contributed by atoms with Gasteiger partial charge < -0.3 is 19.5 Å². The maximum atomic E-state index is 14.0. The highest BCUT2D eigenvalue weighted by molar-refractivity contribution is 5.98. The van der Waals surface area contributed by atoms with E-state index >= 15 is 0 Å². The smallest absolute Gasteiger partial charge is 0.416 e. The van der Waals surface area contributed by atoms with Gasteiger partial charge in [-0.25, -0.2) is 9.59 Å². The van der Waals surface area contributed by atoms with Crippen LogP contribution in [0.25, 0.3) is 0 Å². The minimum atomic E-state index is -4.51. The number of halogens is 3. The van der Waals surface area contributed by atoms with E-state index in [4.69, 9.17) is 9.47 Å². The molecule has 0 saturated heterocycles. The second-order valence-electron chi connectivity index (χ2n) is 12.3. The van der Waals surface area contributed by atoms with E-state index in [1.165, 1.54) is 24.1 Å². The summed E-state index contributed by atoms with van der Waals surface area (Å²) >= 11 is 0. The zero-order valence-corrected chi connectivity index (χ0v) is 25.0. The number of carboxylic acid groups (broad SMARTS) is 1. The van der Waals surface area contributed by atoms with Crippen molar-refractivity contribution in [2.45, 2.75) is 96.1 Å². The van der Waals surface area contributed by atoms with Crippen LogP contribution in [-0.4, -0.2) is 53.2 Å². The van der Waals surface area contributed by atoms with E-state index in [0.717, 1.165) is 48.1 Å². The Bertz CT molecular complexity index is 1350. The number of nitrogens with zero attached hydrogens (tertiary/aromatic N) is 2. The predicted octanol–water partition coefficient (Wildman–Crippen LogP) is 6.93. The molecule has 43 heavy (non-hydrogen) atoms. The van der Waals surface area contributed by atoms with Crippen molar-refractivity contribution < 1.29 is 42.1 Å². The Morgan fingerprint density at radius 1 is 1.05 bits per heavy atom. The number of rotatable bonds is 8. The molecular formula is C32H39F3N2O6. The lowest BCUT2D eigenvalue weighted by Crippen LogP contribution is -2.47. The number of carbonyl (C=O) groups is 3. The summed E-state index contributed by atoms with van der Waals surface area (Å²) in [7, 11) is 1.27. The third-order valence-corrected chi connectivity index (χ3v) is 7.96. The number of carbonyl (C=O) groups excluding carboxylic acids is 2. The van der Waals surface area contributed by atoms with E-state index in [1.807, 2.05) is 0 Å². The molecule has 0 spiro atoms. The number of benzene rings is 2. The van der Waals surface area contributed by atoms with Gasteiger partial charge in [0.2, 0.25) is 5.91 Å². The van der Waals surface area contributed by atoms with Crippen LogP contribution in [0.1, 0.15) is 87.5 Å². The zero-order valence-electron chi connectivity index (χ0n) is 25.0. The molecule has 1 aliphatic heterocycles. The first kappa shape index (κ1) is 32.2.